The maximum atomic E-state index is 10.6. The van der Waals surface area contributed by atoms with Gasteiger partial charge in [-0.1, -0.05) is 6.92 Å². The first-order valence-electron chi connectivity index (χ1n) is 5.94. The zero-order valence-corrected chi connectivity index (χ0v) is 8.50. The fourth-order valence-corrected chi connectivity index (χ4v) is 4.58. The van der Waals surface area contributed by atoms with Gasteiger partial charge in [-0.2, -0.15) is 0 Å². The summed E-state index contributed by atoms with van der Waals surface area (Å²) in [6, 6.07) is 0. The molecular formula is C12H21NaO. The summed E-state index contributed by atoms with van der Waals surface area (Å²) in [6.45, 7) is 2.17. The van der Waals surface area contributed by atoms with E-state index >= 15 is 0 Å². The van der Waals surface area contributed by atoms with Gasteiger partial charge in [0.15, 0.2) is 0 Å². The minimum absolute atomic E-state index is 0. The Hall–Kier alpha value is 0.960. The fourth-order valence-electron chi connectivity index (χ4n) is 4.58. The van der Waals surface area contributed by atoms with Crippen molar-refractivity contribution in [1.29, 1.82) is 0 Å². The van der Waals surface area contributed by atoms with Crippen LogP contribution >= 0.6 is 0 Å². The minimum atomic E-state index is -0.257. The van der Waals surface area contributed by atoms with Crippen LogP contribution in [0.4, 0.5) is 0 Å². The quantitative estimate of drug-likeness (QED) is 0.647. The molecule has 1 nitrogen and oxygen atoms in total. The van der Waals surface area contributed by atoms with Crippen molar-refractivity contribution in [3.8, 4) is 0 Å². The van der Waals surface area contributed by atoms with Gasteiger partial charge in [0, 0.05) is 0 Å². The van der Waals surface area contributed by atoms with E-state index < -0.39 is 0 Å². The molecule has 4 rings (SSSR count). The monoisotopic (exact) mass is 204 g/mol. The molecule has 1 N–H and O–H groups in total. The van der Waals surface area contributed by atoms with Crippen LogP contribution in [0.2, 0.25) is 0 Å². The summed E-state index contributed by atoms with van der Waals surface area (Å²) < 4.78 is 0. The molecule has 0 aliphatic heterocycles. The molecule has 0 saturated heterocycles. The molecule has 4 aliphatic carbocycles. The van der Waals surface area contributed by atoms with E-state index in [1.54, 1.807) is 0 Å². The summed E-state index contributed by atoms with van der Waals surface area (Å²) >= 11 is 0. The molecule has 0 amide bonds. The third-order valence-corrected chi connectivity index (χ3v) is 5.12. The molecule has 4 fully saturated rings. The Balaban J connectivity index is 0.000000750. The van der Waals surface area contributed by atoms with E-state index in [0.29, 0.717) is 11.8 Å². The fraction of sp³-hybridized carbons (Fsp3) is 1.00. The van der Waals surface area contributed by atoms with Gasteiger partial charge in [0.2, 0.25) is 0 Å². The van der Waals surface area contributed by atoms with Gasteiger partial charge >= 0.3 is 29.6 Å². The molecule has 0 unspecified atom stereocenters. The van der Waals surface area contributed by atoms with Gasteiger partial charge in [-0.3, -0.25) is 0 Å². The third kappa shape index (κ3) is 1.43. The summed E-state index contributed by atoms with van der Waals surface area (Å²) in [5.74, 6) is 3.28. The summed E-state index contributed by atoms with van der Waals surface area (Å²) in [5, 5.41) is 10.6. The molecule has 0 spiro atoms. The molecule has 4 saturated carbocycles. The van der Waals surface area contributed by atoms with Gasteiger partial charge < -0.3 is 5.11 Å². The first kappa shape index (κ1) is 11.4. The van der Waals surface area contributed by atoms with E-state index in [1.807, 2.05) is 0 Å². The van der Waals surface area contributed by atoms with E-state index in [0.717, 1.165) is 18.3 Å². The molecule has 0 heterocycles. The van der Waals surface area contributed by atoms with Crippen molar-refractivity contribution in [3.63, 3.8) is 0 Å². The molecule has 4 aliphatic rings. The Morgan fingerprint density at radius 3 is 1.79 bits per heavy atom. The van der Waals surface area contributed by atoms with Crippen molar-refractivity contribution in [2.24, 2.45) is 23.7 Å². The third-order valence-electron chi connectivity index (χ3n) is 5.12. The van der Waals surface area contributed by atoms with Gasteiger partial charge in [-0.05, 0) is 62.2 Å². The van der Waals surface area contributed by atoms with Crippen LogP contribution in [0.3, 0.4) is 0 Å². The topological polar surface area (TPSA) is 20.2 Å². The predicted octanol–water partition coefficient (Wildman–Crippen LogP) is 1.94. The average Bonchev–Trinajstić information content (AvgIpc) is 2.13. The molecule has 0 radical (unpaired) electrons. The van der Waals surface area contributed by atoms with E-state index in [1.165, 1.54) is 32.1 Å². The van der Waals surface area contributed by atoms with Gasteiger partial charge in [-0.25, -0.2) is 0 Å². The molecular weight excluding hydrogens is 183 g/mol. The van der Waals surface area contributed by atoms with Crippen molar-refractivity contribution in [1.82, 2.24) is 0 Å². The Morgan fingerprint density at radius 1 is 1.00 bits per heavy atom. The van der Waals surface area contributed by atoms with Crippen LogP contribution in [-0.2, 0) is 0 Å². The van der Waals surface area contributed by atoms with Gasteiger partial charge in [0.05, 0.1) is 5.60 Å². The second-order valence-corrected chi connectivity index (χ2v) is 5.65. The van der Waals surface area contributed by atoms with Crippen LogP contribution in [0, 0.1) is 23.7 Å². The number of aliphatic hydroxyl groups is 1. The normalized spacial score (nSPS) is 54.4. The summed E-state index contributed by atoms with van der Waals surface area (Å²) in [7, 11) is 0. The molecule has 4 bridgehead atoms. The van der Waals surface area contributed by atoms with Gasteiger partial charge in [-0.15, -0.1) is 0 Å². The standard InChI is InChI=1S/C12H20O.Na.H/c1-2-12(13)10-4-8-3-9(6-10)7-11(12)5-8;;/h8-11,13H,2-7H2,1H3;;. The van der Waals surface area contributed by atoms with Crippen molar-refractivity contribution in [3.05, 3.63) is 0 Å². The average molecular weight is 204 g/mol. The van der Waals surface area contributed by atoms with Gasteiger partial charge in [0.1, 0.15) is 0 Å². The Bertz CT molecular complexity index is 198. The molecule has 0 aromatic heterocycles. The van der Waals surface area contributed by atoms with Crippen LogP contribution in [0.25, 0.3) is 0 Å². The van der Waals surface area contributed by atoms with E-state index in [9.17, 15) is 5.11 Å². The second-order valence-electron chi connectivity index (χ2n) is 5.65. The molecule has 0 atom stereocenters. The zero-order chi connectivity index (χ0) is 9.05. The summed E-state index contributed by atoms with van der Waals surface area (Å²) in [4.78, 5) is 0. The van der Waals surface area contributed by atoms with Crippen molar-refractivity contribution in [2.45, 2.75) is 51.0 Å². The van der Waals surface area contributed by atoms with Crippen LogP contribution in [0.1, 0.15) is 45.4 Å². The Kier molecular flexibility index (Phi) is 3.08. The zero-order valence-electron chi connectivity index (χ0n) is 8.50. The molecule has 76 valence electrons. The Labute approximate surface area is 109 Å². The molecule has 14 heavy (non-hydrogen) atoms. The van der Waals surface area contributed by atoms with Crippen LogP contribution < -0.4 is 0 Å². The van der Waals surface area contributed by atoms with Gasteiger partial charge in [0.25, 0.3) is 0 Å². The Morgan fingerprint density at radius 2 is 1.43 bits per heavy atom. The van der Waals surface area contributed by atoms with Crippen LogP contribution in [-0.4, -0.2) is 40.3 Å². The molecule has 2 heteroatoms. The van der Waals surface area contributed by atoms with Crippen molar-refractivity contribution >= 4 is 29.6 Å². The number of rotatable bonds is 1. The number of hydrogen-bond donors (Lipinski definition) is 1. The van der Waals surface area contributed by atoms with Crippen LogP contribution in [0.5, 0.6) is 0 Å². The SMILES string of the molecule is CCC1(O)C2CC3CC(C2)CC1C3.[NaH]. The van der Waals surface area contributed by atoms with Crippen LogP contribution in [0.15, 0.2) is 0 Å². The van der Waals surface area contributed by atoms with E-state index in [-0.39, 0.29) is 35.2 Å². The maximum absolute atomic E-state index is 10.6. The molecule has 0 aromatic carbocycles. The summed E-state index contributed by atoms with van der Waals surface area (Å²) in [6.07, 6.45) is 7.79. The number of hydrogen-bond acceptors (Lipinski definition) is 1. The van der Waals surface area contributed by atoms with Crippen molar-refractivity contribution < 1.29 is 5.11 Å². The van der Waals surface area contributed by atoms with E-state index in [4.69, 9.17) is 0 Å². The molecule has 0 aromatic rings. The van der Waals surface area contributed by atoms with Crippen molar-refractivity contribution in [2.75, 3.05) is 0 Å². The first-order valence-corrected chi connectivity index (χ1v) is 5.94. The predicted molar refractivity (Wildman–Crippen MR) is 59.4 cm³/mol. The first-order chi connectivity index (χ1) is 6.22. The second kappa shape index (κ2) is 3.76. The van der Waals surface area contributed by atoms with E-state index in [2.05, 4.69) is 6.92 Å². The summed E-state index contributed by atoms with van der Waals surface area (Å²) in [5.41, 5.74) is -0.257.